The number of rotatable bonds is 4. The third-order valence-electron chi connectivity index (χ3n) is 5.07. The molecule has 2 rings (SSSR count). The first kappa shape index (κ1) is 16.3. The monoisotopic (exact) mass is 334 g/mol. The van der Waals surface area contributed by atoms with E-state index in [9.17, 15) is 0 Å². The molecule has 0 radical (unpaired) electrons. The molecule has 1 unspecified atom stereocenters. The molecule has 0 bridgehead atoms. The maximum absolute atomic E-state index is 6.70. The topological polar surface area (TPSA) is 9.23 Å². The van der Waals surface area contributed by atoms with Crippen molar-refractivity contribution in [2.45, 2.75) is 40.0 Å². The van der Waals surface area contributed by atoms with E-state index in [1.165, 1.54) is 0 Å². The number of ether oxygens (including phenoxy) is 1. The number of alkyl halides is 1. The maximum atomic E-state index is 6.70. The Balaban J connectivity index is 2.33. The van der Waals surface area contributed by atoms with Crippen molar-refractivity contribution in [3.63, 3.8) is 0 Å². The van der Waals surface area contributed by atoms with Gasteiger partial charge >= 0.3 is 0 Å². The van der Waals surface area contributed by atoms with Crippen LogP contribution in [0.2, 0.25) is 10.0 Å². The van der Waals surface area contributed by atoms with Crippen LogP contribution in [0.5, 0.6) is 5.75 Å². The van der Waals surface area contributed by atoms with E-state index >= 15 is 0 Å². The van der Waals surface area contributed by atoms with Crippen LogP contribution in [0.1, 0.15) is 45.6 Å². The Labute approximate surface area is 136 Å². The zero-order chi connectivity index (χ0) is 15.3. The van der Waals surface area contributed by atoms with Gasteiger partial charge in [0, 0.05) is 11.1 Å². The van der Waals surface area contributed by atoms with Gasteiger partial charge in [-0.25, -0.2) is 0 Å². The second-order valence-corrected chi connectivity index (χ2v) is 7.84. The smallest absolute Gasteiger partial charge is 0.139 e. The summed E-state index contributed by atoms with van der Waals surface area (Å²) in [7, 11) is 0. The lowest BCUT2D eigenvalue weighted by molar-refractivity contribution is 0.340. The lowest BCUT2D eigenvalue weighted by atomic mass is 10.0. The molecule has 1 nitrogen and oxygen atoms in total. The average molecular weight is 336 g/mol. The fourth-order valence-electron chi connectivity index (χ4n) is 3.18. The fraction of sp³-hybridized carbons (Fsp3) is 0.625. The van der Waals surface area contributed by atoms with Crippen LogP contribution in [-0.2, 0) is 0 Å². The van der Waals surface area contributed by atoms with Gasteiger partial charge in [-0.1, -0.05) is 50.9 Å². The second kappa shape index (κ2) is 5.26. The van der Waals surface area contributed by atoms with Gasteiger partial charge in [-0.3, -0.25) is 0 Å². The lowest BCUT2D eigenvalue weighted by Crippen LogP contribution is -2.02. The van der Waals surface area contributed by atoms with Crippen molar-refractivity contribution in [3.8, 4) is 5.75 Å². The molecule has 0 N–H and O–H groups in total. The van der Waals surface area contributed by atoms with Gasteiger partial charge in [0.05, 0.1) is 17.0 Å². The third-order valence-corrected chi connectivity index (χ3v) is 6.18. The van der Waals surface area contributed by atoms with Crippen LogP contribution in [0.25, 0.3) is 0 Å². The molecule has 4 heteroatoms. The van der Waals surface area contributed by atoms with Crippen molar-refractivity contribution in [1.29, 1.82) is 0 Å². The van der Waals surface area contributed by atoms with E-state index in [1.54, 1.807) is 6.07 Å². The highest BCUT2D eigenvalue weighted by atomic mass is 35.5. The van der Waals surface area contributed by atoms with Crippen molar-refractivity contribution in [1.82, 2.24) is 0 Å². The summed E-state index contributed by atoms with van der Waals surface area (Å²) in [5.41, 5.74) is 1.30. The zero-order valence-corrected chi connectivity index (χ0v) is 14.8. The highest BCUT2D eigenvalue weighted by molar-refractivity contribution is 6.35. The minimum atomic E-state index is -0.138. The van der Waals surface area contributed by atoms with E-state index in [0.717, 1.165) is 5.56 Å². The Morgan fingerprint density at radius 2 is 1.65 bits per heavy atom. The van der Waals surface area contributed by atoms with E-state index in [0.29, 0.717) is 28.3 Å². The minimum absolute atomic E-state index is 0.138. The van der Waals surface area contributed by atoms with Crippen LogP contribution < -0.4 is 4.74 Å². The molecule has 1 aliphatic carbocycles. The van der Waals surface area contributed by atoms with Crippen molar-refractivity contribution in [2.75, 3.05) is 6.61 Å². The van der Waals surface area contributed by atoms with Gasteiger partial charge in [-0.15, -0.1) is 11.6 Å². The van der Waals surface area contributed by atoms with Gasteiger partial charge in [0.1, 0.15) is 5.75 Å². The Morgan fingerprint density at radius 1 is 1.10 bits per heavy atom. The van der Waals surface area contributed by atoms with Crippen LogP contribution in [0, 0.1) is 16.7 Å². The SMILES string of the molecule is CCOc1cc(Cl)c(C(Cl)C2C(C)(C)C2(C)C)cc1Cl. The number of benzene rings is 1. The van der Waals surface area contributed by atoms with Crippen LogP contribution >= 0.6 is 34.8 Å². The quantitative estimate of drug-likeness (QED) is 0.582. The maximum Gasteiger partial charge on any atom is 0.139 e. The predicted molar refractivity (Wildman–Crippen MR) is 87.3 cm³/mol. The Kier molecular flexibility index (Phi) is 4.28. The Hall–Kier alpha value is -0.110. The molecule has 20 heavy (non-hydrogen) atoms. The summed E-state index contributed by atoms with van der Waals surface area (Å²) in [5, 5.41) is 1.05. The van der Waals surface area contributed by atoms with Crippen molar-refractivity contribution in [2.24, 2.45) is 16.7 Å². The van der Waals surface area contributed by atoms with Gasteiger partial charge in [0.15, 0.2) is 0 Å². The summed E-state index contributed by atoms with van der Waals surface area (Å²) in [5.74, 6) is 0.990. The summed E-state index contributed by atoms with van der Waals surface area (Å²) in [4.78, 5) is 0. The molecule has 1 fully saturated rings. The van der Waals surface area contributed by atoms with Crippen molar-refractivity contribution >= 4 is 34.8 Å². The molecule has 0 amide bonds. The normalized spacial score (nSPS) is 21.6. The standard InChI is InChI=1S/C16H21Cl3O/c1-6-20-12-8-10(17)9(7-11(12)18)13(19)14-15(2,3)16(14,4)5/h7-8,13-14H,6H2,1-5H3. The van der Waals surface area contributed by atoms with Gasteiger partial charge < -0.3 is 4.74 Å². The molecule has 0 aliphatic heterocycles. The summed E-state index contributed by atoms with van der Waals surface area (Å²) in [6.45, 7) is 11.5. The summed E-state index contributed by atoms with van der Waals surface area (Å²) < 4.78 is 5.45. The largest absolute Gasteiger partial charge is 0.492 e. The predicted octanol–water partition coefficient (Wildman–Crippen LogP) is 6.35. The third kappa shape index (κ3) is 2.42. The molecule has 1 aromatic rings. The van der Waals surface area contributed by atoms with Gasteiger partial charge in [0.2, 0.25) is 0 Å². The van der Waals surface area contributed by atoms with Gasteiger partial charge in [0.25, 0.3) is 0 Å². The number of hydrogen-bond donors (Lipinski definition) is 0. The first-order valence-electron chi connectivity index (χ1n) is 6.90. The molecule has 1 saturated carbocycles. The highest BCUT2D eigenvalue weighted by Crippen LogP contribution is 2.73. The molecule has 112 valence electrons. The number of halogens is 3. The van der Waals surface area contributed by atoms with Crippen molar-refractivity contribution in [3.05, 3.63) is 27.7 Å². The molecular formula is C16H21Cl3O. The Morgan fingerprint density at radius 3 is 2.10 bits per heavy atom. The molecule has 0 spiro atoms. The number of hydrogen-bond acceptors (Lipinski definition) is 1. The van der Waals surface area contributed by atoms with Gasteiger partial charge in [-0.05, 0) is 35.3 Å². The molecular weight excluding hydrogens is 315 g/mol. The molecule has 0 saturated heterocycles. The molecule has 0 heterocycles. The first-order valence-corrected chi connectivity index (χ1v) is 8.09. The van der Waals surface area contributed by atoms with Gasteiger partial charge in [-0.2, -0.15) is 0 Å². The lowest BCUT2D eigenvalue weighted by Gasteiger charge is -2.16. The van der Waals surface area contributed by atoms with Crippen LogP contribution in [0.3, 0.4) is 0 Å². The molecule has 1 aliphatic rings. The first-order chi connectivity index (χ1) is 9.14. The summed E-state index contributed by atoms with van der Waals surface area (Å²) in [6.07, 6.45) is 0. The van der Waals surface area contributed by atoms with E-state index in [2.05, 4.69) is 27.7 Å². The Bertz CT molecular complexity index is 509. The van der Waals surface area contributed by atoms with Crippen LogP contribution in [0.4, 0.5) is 0 Å². The molecule has 0 aromatic heterocycles. The average Bonchev–Trinajstić information content (AvgIpc) is 2.73. The van der Waals surface area contributed by atoms with E-state index < -0.39 is 0 Å². The molecule has 1 atom stereocenters. The highest BCUT2D eigenvalue weighted by Gasteiger charge is 2.67. The van der Waals surface area contributed by atoms with Crippen LogP contribution in [-0.4, -0.2) is 6.61 Å². The van der Waals surface area contributed by atoms with E-state index in [4.69, 9.17) is 39.5 Å². The van der Waals surface area contributed by atoms with E-state index in [-0.39, 0.29) is 16.2 Å². The zero-order valence-electron chi connectivity index (χ0n) is 12.6. The summed E-state index contributed by atoms with van der Waals surface area (Å²) >= 11 is 19.3. The van der Waals surface area contributed by atoms with Crippen molar-refractivity contribution < 1.29 is 4.74 Å². The van der Waals surface area contributed by atoms with E-state index in [1.807, 2.05) is 13.0 Å². The van der Waals surface area contributed by atoms with Crippen LogP contribution in [0.15, 0.2) is 12.1 Å². The molecule has 1 aromatic carbocycles. The summed E-state index contributed by atoms with van der Waals surface area (Å²) in [6, 6.07) is 3.61. The minimum Gasteiger partial charge on any atom is -0.492 e. The second-order valence-electron chi connectivity index (χ2n) is 6.56. The fourth-order valence-corrected chi connectivity index (χ4v) is 4.54.